The van der Waals surface area contributed by atoms with Crippen LogP contribution in [0.15, 0.2) is 72.8 Å². The number of carbonyl (C=O) groups is 1. The monoisotopic (exact) mass is 497 g/mol. The van der Waals surface area contributed by atoms with Crippen molar-refractivity contribution in [3.05, 3.63) is 95.3 Å². The van der Waals surface area contributed by atoms with E-state index in [-0.39, 0.29) is 17.4 Å². The van der Waals surface area contributed by atoms with E-state index in [1.54, 1.807) is 0 Å². The number of ether oxygens (including phenoxy) is 1. The van der Waals surface area contributed by atoms with Crippen LogP contribution < -0.4 is 10.1 Å². The molecule has 1 N–H and O–H groups in total. The molecule has 1 amide bonds. The van der Waals surface area contributed by atoms with Crippen molar-refractivity contribution in [2.75, 3.05) is 6.61 Å². The van der Waals surface area contributed by atoms with Gasteiger partial charge < -0.3 is 14.6 Å². The van der Waals surface area contributed by atoms with E-state index in [0.717, 1.165) is 53.1 Å². The van der Waals surface area contributed by atoms with E-state index in [2.05, 4.69) is 61.0 Å². The summed E-state index contributed by atoms with van der Waals surface area (Å²) in [5.74, 6) is 1.80. The first-order chi connectivity index (χ1) is 17.7. The molecule has 4 rings (SSSR count). The lowest BCUT2D eigenvalue weighted by Crippen LogP contribution is -2.30. The Bertz CT molecular complexity index is 1330. The largest absolute Gasteiger partial charge is 0.494 e. The van der Waals surface area contributed by atoms with Gasteiger partial charge in [0, 0.05) is 6.54 Å². The minimum atomic E-state index is -0.193. The number of hydrogen-bond acceptors (Lipinski definition) is 3. The molecule has 0 radical (unpaired) electrons. The Labute approximate surface area is 220 Å². The fourth-order valence-corrected chi connectivity index (χ4v) is 4.61. The van der Waals surface area contributed by atoms with E-state index in [1.807, 2.05) is 56.3 Å². The number of aryl methyl sites for hydroxylation is 2. The van der Waals surface area contributed by atoms with E-state index in [9.17, 15) is 4.79 Å². The number of rotatable bonds is 10. The van der Waals surface area contributed by atoms with Crippen LogP contribution in [0, 0.1) is 6.92 Å². The van der Waals surface area contributed by atoms with Crippen LogP contribution in [0.2, 0.25) is 0 Å². The van der Waals surface area contributed by atoms with Gasteiger partial charge in [0.15, 0.2) is 0 Å². The molecular weight excluding hydrogens is 458 g/mol. The number of aromatic nitrogens is 2. The lowest BCUT2D eigenvalue weighted by atomic mass is 9.87. The molecule has 0 aliphatic carbocycles. The third-order valence-electron chi connectivity index (χ3n) is 6.83. The maximum Gasteiger partial charge on any atom is 0.225 e. The zero-order valence-corrected chi connectivity index (χ0v) is 22.8. The molecule has 194 valence electrons. The summed E-state index contributed by atoms with van der Waals surface area (Å²) in [6.45, 7) is 12.2. The summed E-state index contributed by atoms with van der Waals surface area (Å²) in [4.78, 5) is 17.7. The predicted octanol–water partition coefficient (Wildman–Crippen LogP) is 6.92. The van der Waals surface area contributed by atoms with Crippen LogP contribution in [0.4, 0.5) is 0 Å². The minimum Gasteiger partial charge on any atom is -0.494 e. The maximum atomic E-state index is 12.8. The molecule has 3 aromatic carbocycles. The van der Waals surface area contributed by atoms with E-state index >= 15 is 0 Å². The number of fused-ring (bicyclic) bond motifs is 1. The summed E-state index contributed by atoms with van der Waals surface area (Å²) in [5, 5.41) is 3.16. The van der Waals surface area contributed by atoms with Crippen molar-refractivity contribution in [1.82, 2.24) is 14.9 Å². The Morgan fingerprint density at radius 1 is 0.973 bits per heavy atom. The molecule has 0 aliphatic rings. The van der Waals surface area contributed by atoms with Gasteiger partial charge in [-0.25, -0.2) is 4.98 Å². The highest BCUT2D eigenvalue weighted by Crippen LogP contribution is 2.25. The zero-order valence-electron chi connectivity index (χ0n) is 22.8. The molecular formula is C32H39N3O2. The average molecular weight is 498 g/mol. The fraction of sp³-hybridized carbons (Fsp3) is 0.375. The molecule has 0 bridgehead atoms. The van der Waals surface area contributed by atoms with E-state index < -0.39 is 0 Å². The summed E-state index contributed by atoms with van der Waals surface area (Å²) in [7, 11) is 0. The predicted molar refractivity (Wildman–Crippen MR) is 151 cm³/mol. The van der Waals surface area contributed by atoms with Gasteiger partial charge in [-0.1, -0.05) is 69.3 Å². The second kappa shape index (κ2) is 11.6. The molecule has 0 saturated heterocycles. The molecule has 1 aromatic heterocycles. The second-order valence-electron chi connectivity index (χ2n) is 10.8. The van der Waals surface area contributed by atoms with Gasteiger partial charge in [0.25, 0.3) is 0 Å². The summed E-state index contributed by atoms with van der Waals surface area (Å²) < 4.78 is 8.24. The van der Waals surface area contributed by atoms with Gasteiger partial charge in [0.2, 0.25) is 5.91 Å². The quantitative estimate of drug-likeness (QED) is 0.242. The van der Waals surface area contributed by atoms with E-state index in [1.165, 1.54) is 5.56 Å². The zero-order chi connectivity index (χ0) is 26.4. The maximum absolute atomic E-state index is 12.8. The van der Waals surface area contributed by atoms with Crippen molar-refractivity contribution in [3.8, 4) is 5.75 Å². The molecule has 1 heterocycles. The lowest BCUT2D eigenvalue weighted by molar-refractivity contribution is -0.121. The highest BCUT2D eigenvalue weighted by atomic mass is 16.5. The Kier molecular flexibility index (Phi) is 8.32. The Balaban J connectivity index is 1.36. The molecule has 5 nitrogen and oxygen atoms in total. The SMILES string of the molecule is Cc1ccccc1CC(=O)NC(C)c1nc2ccccc2n1CCCCOc1ccc(C(C)(C)C)cc1. The van der Waals surface area contributed by atoms with Crippen LogP contribution in [0.5, 0.6) is 5.75 Å². The number of benzene rings is 3. The number of unbranched alkanes of at least 4 members (excludes halogenated alkanes) is 1. The van der Waals surface area contributed by atoms with Gasteiger partial charge in [-0.15, -0.1) is 0 Å². The van der Waals surface area contributed by atoms with Crippen LogP contribution in [-0.2, 0) is 23.2 Å². The van der Waals surface area contributed by atoms with E-state index in [0.29, 0.717) is 13.0 Å². The van der Waals surface area contributed by atoms with Gasteiger partial charge in [-0.3, -0.25) is 4.79 Å². The summed E-state index contributed by atoms with van der Waals surface area (Å²) in [6, 6.07) is 24.4. The van der Waals surface area contributed by atoms with Crippen LogP contribution >= 0.6 is 0 Å². The molecule has 0 spiro atoms. The molecule has 0 saturated carbocycles. The molecule has 0 aliphatic heterocycles. The Hall–Kier alpha value is -3.60. The summed E-state index contributed by atoms with van der Waals surface area (Å²) >= 11 is 0. The standard InChI is InChI=1S/C32H39N3O2/c1-23-12-6-7-13-25(23)22-30(36)33-24(2)31-34-28-14-8-9-15-29(28)35(31)20-10-11-21-37-27-18-16-26(17-19-27)32(3,4)5/h6-9,12-19,24H,10-11,20-22H2,1-5H3,(H,33,36). The Morgan fingerprint density at radius 2 is 1.68 bits per heavy atom. The first kappa shape index (κ1) is 26.5. The highest BCUT2D eigenvalue weighted by molar-refractivity contribution is 5.80. The smallest absolute Gasteiger partial charge is 0.225 e. The topological polar surface area (TPSA) is 56.2 Å². The molecule has 1 atom stereocenters. The number of carbonyl (C=O) groups excluding carboxylic acids is 1. The van der Waals surface area contributed by atoms with Crippen LogP contribution in [0.1, 0.15) is 69.1 Å². The van der Waals surface area contributed by atoms with Crippen molar-refractivity contribution >= 4 is 16.9 Å². The van der Waals surface area contributed by atoms with Crippen molar-refractivity contribution in [2.24, 2.45) is 0 Å². The van der Waals surface area contributed by atoms with Gasteiger partial charge in [0.05, 0.1) is 30.1 Å². The first-order valence-electron chi connectivity index (χ1n) is 13.2. The lowest BCUT2D eigenvalue weighted by Gasteiger charge is -2.19. The van der Waals surface area contributed by atoms with Gasteiger partial charge in [0.1, 0.15) is 11.6 Å². The number of hydrogen-bond donors (Lipinski definition) is 1. The third kappa shape index (κ3) is 6.79. The number of para-hydroxylation sites is 2. The fourth-order valence-electron chi connectivity index (χ4n) is 4.61. The number of amides is 1. The van der Waals surface area contributed by atoms with Crippen LogP contribution in [0.3, 0.4) is 0 Å². The molecule has 4 aromatic rings. The van der Waals surface area contributed by atoms with Crippen molar-refractivity contribution in [1.29, 1.82) is 0 Å². The highest BCUT2D eigenvalue weighted by Gasteiger charge is 2.19. The van der Waals surface area contributed by atoms with Crippen LogP contribution in [-0.4, -0.2) is 22.1 Å². The normalized spacial score (nSPS) is 12.5. The second-order valence-corrected chi connectivity index (χ2v) is 10.8. The molecule has 0 fully saturated rings. The van der Waals surface area contributed by atoms with E-state index in [4.69, 9.17) is 9.72 Å². The Morgan fingerprint density at radius 3 is 2.41 bits per heavy atom. The van der Waals surface area contributed by atoms with Gasteiger partial charge >= 0.3 is 0 Å². The molecule has 1 unspecified atom stereocenters. The number of nitrogens with zero attached hydrogens (tertiary/aromatic N) is 2. The summed E-state index contributed by atoms with van der Waals surface area (Å²) in [6.07, 6.45) is 2.25. The minimum absolute atomic E-state index is 0.00582. The first-order valence-corrected chi connectivity index (χ1v) is 13.2. The number of nitrogens with one attached hydrogen (secondary N) is 1. The van der Waals surface area contributed by atoms with Crippen molar-refractivity contribution < 1.29 is 9.53 Å². The van der Waals surface area contributed by atoms with Gasteiger partial charge in [-0.2, -0.15) is 0 Å². The van der Waals surface area contributed by atoms with Crippen molar-refractivity contribution in [2.45, 2.75) is 71.9 Å². The number of imidazole rings is 1. The van der Waals surface area contributed by atoms with Gasteiger partial charge in [-0.05, 0) is 73.1 Å². The average Bonchev–Trinajstić information content (AvgIpc) is 3.24. The van der Waals surface area contributed by atoms with Crippen LogP contribution in [0.25, 0.3) is 11.0 Å². The molecule has 5 heteroatoms. The third-order valence-corrected chi connectivity index (χ3v) is 6.83. The van der Waals surface area contributed by atoms with Crippen molar-refractivity contribution in [3.63, 3.8) is 0 Å². The molecule has 37 heavy (non-hydrogen) atoms. The summed E-state index contributed by atoms with van der Waals surface area (Å²) in [5.41, 5.74) is 5.67.